The van der Waals surface area contributed by atoms with E-state index in [0.717, 1.165) is 0 Å². The molecule has 7 heteroatoms. The van der Waals surface area contributed by atoms with Crippen molar-refractivity contribution in [3.8, 4) is 0 Å². The minimum Gasteiger partial charge on any atom is -0.388 e. The lowest BCUT2D eigenvalue weighted by atomic mass is 9.98. The first-order valence-electron chi connectivity index (χ1n) is 6.07. The summed E-state index contributed by atoms with van der Waals surface area (Å²) in [5, 5.41) is 21.3. The monoisotopic (exact) mass is 259 g/mol. The van der Waals surface area contributed by atoms with Crippen molar-refractivity contribution in [1.82, 2.24) is 10.2 Å². The van der Waals surface area contributed by atoms with Gasteiger partial charge in [-0.2, -0.15) is 0 Å². The number of nitrogens with one attached hydrogen (secondary N) is 1. The van der Waals surface area contributed by atoms with Gasteiger partial charge in [-0.05, 0) is 5.92 Å². The Balaban J connectivity index is 2.73. The maximum atomic E-state index is 12.2. The van der Waals surface area contributed by atoms with Gasteiger partial charge in [0.1, 0.15) is 6.04 Å². The average molecular weight is 259 g/mol. The second-order valence-corrected chi connectivity index (χ2v) is 4.75. The van der Waals surface area contributed by atoms with Gasteiger partial charge in [-0.15, -0.1) is 0 Å². The highest BCUT2D eigenvalue weighted by molar-refractivity contribution is 5.87. The van der Waals surface area contributed by atoms with E-state index >= 15 is 0 Å². The molecule has 1 fully saturated rings. The van der Waals surface area contributed by atoms with Crippen LogP contribution in [-0.2, 0) is 4.79 Å². The van der Waals surface area contributed by atoms with Crippen molar-refractivity contribution in [3.05, 3.63) is 0 Å². The molecule has 4 atom stereocenters. The highest BCUT2D eigenvalue weighted by atomic mass is 16.3. The number of rotatable bonds is 4. The van der Waals surface area contributed by atoms with Crippen LogP contribution in [0.3, 0.4) is 0 Å². The van der Waals surface area contributed by atoms with Crippen LogP contribution in [0.4, 0.5) is 4.79 Å². The van der Waals surface area contributed by atoms with Gasteiger partial charge >= 0.3 is 6.03 Å². The lowest BCUT2D eigenvalue weighted by Gasteiger charge is -2.27. The molecule has 1 rings (SSSR count). The maximum absolute atomic E-state index is 12.2. The van der Waals surface area contributed by atoms with Gasteiger partial charge in [0.15, 0.2) is 0 Å². The molecule has 2 unspecified atom stereocenters. The first-order chi connectivity index (χ1) is 8.36. The Labute approximate surface area is 106 Å². The number of aliphatic hydroxyl groups excluding tert-OH is 2. The summed E-state index contributed by atoms with van der Waals surface area (Å²) < 4.78 is 0. The van der Waals surface area contributed by atoms with E-state index in [-0.39, 0.29) is 24.9 Å². The zero-order valence-corrected chi connectivity index (χ0v) is 10.7. The highest BCUT2D eigenvalue weighted by Crippen LogP contribution is 2.16. The fraction of sp³-hybridized carbons (Fsp3) is 0.818. The molecule has 5 N–H and O–H groups in total. The maximum Gasteiger partial charge on any atom is 0.312 e. The molecule has 1 heterocycles. The van der Waals surface area contributed by atoms with Crippen LogP contribution in [0.15, 0.2) is 0 Å². The summed E-state index contributed by atoms with van der Waals surface area (Å²) in [5.74, 6) is -0.390. The Morgan fingerprint density at radius 3 is 2.28 bits per heavy atom. The summed E-state index contributed by atoms with van der Waals surface area (Å²) in [7, 11) is 0. The number of hydrogen-bond donors (Lipinski definition) is 4. The molecule has 1 saturated heterocycles. The van der Waals surface area contributed by atoms with Gasteiger partial charge in [0.2, 0.25) is 5.91 Å². The first kappa shape index (κ1) is 14.7. The van der Waals surface area contributed by atoms with Gasteiger partial charge in [-0.1, -0.05) is 20.3 Å². The largest absolute Gasteiger partial charge is 0.388 e. The molecule has 7 nitrogen and oxygen atoms in total. The Hall–Kier alpha value is -1.34. The molecule has 0 radical (unpaired) electrons. The number of carbonyl (C=O) groups is 2. The van der Waals surface area contributed by atoms with Crippen molar-refractivity contribution >= 4 is 11.9 Å². The minimum atomic E-state index is -0.930. The van der Waals surface area contributed by atoms with Crippen LogP contribution >= 0.6 is 0 Å². The summed E-state index contributed by atoms with van der Waals surface area (Å²) >= 11 is 0. The molecule has 18 heavy (non-hydrogen) atoms. The van der Waals surface area contributed by atoms with Gasteiger partial charge in [-0.3, -0.25) is 4.79 Å². The topological polar surface area (TPSA) is 116 Å². The lowest BCUT2D eigenvalue weighted by Crippen LogP contribution is -2.52. The van der Waals surface area contributed by atoms with Gasteiger partial charge in [-0.25, -0.2) is 4.79 Å². The molecule has 0 aliphatic carbocycles. The van der Waals surface area contributed by atoms with Crippen molar-refractivity contribution in [2.75, 3.05) is 13.1 Å². The van der Waals surface area contributed by atoms with Crippen LogP contribution in [0.5, 0.6) is 0 Å². The quantitative estimate of drug-likeness (QED) is 0.498. The number of amides is 3. The van der Waals surface area contributed by atoms with Crippen LogP contribution in [0.1, 0.15) is 20.3 Å². The van der Waals surface area contributed by atoms with Gasteiger partial charge < -0.3 is 26.2 Å². The SMILES string of the molecule is CCC(C)C(NC(N)=O)C(=O)N1C[C@@H](O)[C@@H](O)C1. The van der Waals surface area contributed by atoms with E-state index < -0.39 is 24.3 Å². The summed E-state index contributed by atoms with van der Waals surface area (Å²) in [6.45, 7) is 3.89. The Bertz CT molecular complexity index is 313. The molecule has 0 saturated carbocycles. The minimum absolute atomic E-state index is 0.0696. The van der Waals surface area contributed by atoms with Crippen LogP contribution in [0, 0.1) is 5.92 Å². The molecule has 1 aliphatic heterocycles. The lowest BCUT2D eigenvalue weighted by molar-refractivity contribution is -0.133. The fourth-order valence-electron chi connectivity index (χ4n) is 1.98. The highest BCUT2D eigenvalue weighted by Gasteiger charge is 2.37. The van der Waals surface area contributed by atoms with E-state index in [1.54, 1.807) is 0 Å². The second-order valence-electron chi connectivity index (χ2n) is 4.75. The Kier molecular flexibility index (Phi) is 4.92. The van der Waals surface area contributed by atoms with Crippen LogP contribution in [0.25, 0.3) is 0 Å². The number of nitrogens with two attached hydrogens (primary N) is 1. The van der Waals surface area contributed by atoms with Crippen LogP contribution < -0.4 is 11.1 Å². The molecule has 0 spiro atoms. The number of aliphatic hydroxyl groups is 2. The predicted molar refractivity (Wildman–Crippen MR) is 64.6 cm³/mol. The van der Waals surface area contributed by atoms with Gasteiger partial charge in [0, 0.05) is 13.1 Å². The van der Waals surface area contributed by atoms with Crippen molar-refractivity contribution < 1.29 is 19.8 Å². The van der Waals surface area contributed by atoms with Crippen LogP contribution in [-0.4, -0.2) is 58.4 Å². The van der Waals surface area contributed by atoms with Gasteiger partial charge in [0.05, 0.1) is 12.2 Å². The summed E-state index contributed by atoms with van der Waals surface area (Å²) in [6, 6.07) is -1.47. The van der Waals surface area contributed by atoms with Crippen LogP contribution in [0.2, 0.25) is 0 Å². The second kappa shape index (κ2) is 6.01. The van der Waals surface area contributed by atoms with E-state index in [1.165, 1.54) is 4.90 Å². The molecule has 1 aliphatic rings. The molecule has 0 bridgehead atoms. The number of hydrogen-bond acceptors (Lipinski definition) is 4. The van der Waals surface area contributed by atoms with E-state index in [0.29, 0.717) is 6.42 Å². The standard InChI is InChI=1S/C11H21N3O4/c1-3-6(2)9(13-11(12)18)10(17)14-4-7(15)8(16)5-14/h6-9,15-16H,3-5H2,1-2H3,(H3,12,13,18)/t6?,7-,8+,9?. The normalized spacial score (nSPS) is 26.8. The Morgan fingerprint density at radius 2 is 1.89 bits per heavy atom. The Morgan fingerprint density at radius 1 is 1.39 bits per heavy atom. The zero-order valence-electron chi connectivity index (χ0n) is 10.7. The molecule has 0 aromatic heterocycles. The van der Waals surface area contributed by atoms with E-state index in [9.17, 15) is 19.8 Å². The number of urea groups is 1. The first-order valence-corrected chi connectivity index (χ1v) is 6.07. The summed E-state index contributed by atoms with van der Waals surface area (Å²) in [5.41, 5.74) is 5.06. The molecule has 0 aromatic carbocycles. The smallest absolute Gasteiger partial charge is 0.312 e. The third kappa shape index (κ3) is 3.33. The van der Waals surface area contributed by atoms with E-state index in [1.807, 2.05) is 13.8 Å². The molecule has 0 aromatic rings. The number of primary amides is 1. The van der Waals surface area contributed by atoms with Crippen molar-refractivity contribution in [1.29, 1.82) is 0 Å². The van der Waals surface area contributed by atoms with Crippen molar-refractivity contribution in [3.63, 3.8) is 0 Å². The molecular formula is C11H21N3O4. The van der Waals surface area contributed by atoms with Gasteiger partial charge in [0.25, 0.3) is 0 Å². The van der Waals surface area contributed by atoms with E-state index in [4.69, 9.17) is 5.73 Å². The fourth-order valence-corrected chi connectivity index (χ4v) is 1.98. The average Bonchev–Trinajstić information content (AvgIpc) is 2.64. The molecule has 3 amide bonds. The third-order valence-electron chi connectivity index (χ3n) is 3.35. The third-order valence-corrected chi connectivity index (χ3v) is 3.35. The number of nitrogens with zero attached hydrogens (tertiary/aromatic N) is 1. The molecule has 104 valence electrons. The predicted octanol–water partition coefficient (Wildman–Crippen LogP) is -1.37. The van der Waals surface area contributed by atoms with Crippen molar-refractivity contribution in [2.24, 2.45) is 11.7 Å². The number of carbonyl (C=O) groups excluding carboxylic acids is 2. The zero-order chi connectivity index (χ0) is 13.9. The summed E-state index contributed by atoms with van der Waals surface area (Å²) in [6.07, 6.45) is -1.16. The molecular weight excluding hydrogens is 238 g/mol. The number of likely N-dealkylation sites (tertiary alicyclic amines) is 1. The number of β-amino-alcohol motifs (C(OH)–C–C–N with tert-alkyl or cyclic N) is 2. The summed E-state index contributed by atoms with van der Waals surface area (Å²) in [4.78, 5) is 24.5. The van der Waals surface area contributed by atoms with Crippen molar-refractivity contribution in [2.45, 2.75) is 38.5 Å². The van der Waals surface area contributed by atoms with E-state index in [2.05, 4.69) is 5.32 Å².